The van der Waals surface area contributed by atoms with Gasteiger partial charge in [-0.1, -0.05) is 194 Å². The second-order valence-corrected chi connectivity index (χ2v) is 14.2. The molecule has 0 rings (SSSR count). The summed E-state index contributed by atoms with van der Waals surface area (Å²) in [4.78, 5) is 48.1. The molecular formula is C41H77NO6. The van der Waals surface area contributed by atoms with Crippen LogP contribution >= 0.6 is 0 Å². The number of unbranched alkanes of at least 4 members (excludes halogenated alkanes) is 28. The molecule has 0 saturated heterocycles. The zero-order valence-electron chi connectivity index (χ0n) is 31.6. The number of hydrogen-bond acceptors (Lipinski definition) is 7. The smallest absolute Gasteiger partial charge is 0.330 e. The lowest BCUT2D eigenvalue weighted by molar-refractivity contribution is -0.160. The van der Waals surface area contributed by atoms with Crippen LogP contribution in [0.1, 0.15) is 232 Å². The predicted octanol–water partition coefficient (Wildman–Crippen LogP) is 11.8. The van der Waals surface area contributed by atoms with E-state index in [1.54, 1.807) is 0 Å². The number of nitrogens with two attached hydrogens (primary N) is 1. The molecule has 282 valence electrons. The minimum Gasteiger partial charge on any atom is -0.393 e. The number of ether oxygens (including phenoxy) is 2. The SMILES string of the molecule is CCCCCCCCCCCCCCCCCC(=O)OC(=O)CC[C@H](N)C(=O)OC(=O)CCCCCCCCCCCCCCCCC. The molecule has 2 N–H and O–H groups in total. The highest BCUT2D eigenvalue weighted by atomic mass is 16.6. The maximum Gasteiger partial charge on any atom is 0.330 e. The second kappa shape index (κ2) is 36.5. The van der Waals surface area contributed by atoms with Crippen LogP contribution in [0.15, 0.2) is 0 Å². The molecule has 1 atom stereocenters. The summed E-state index contributed by atoms with van der Waals surface area (Å²) in [5, 5.41) is 0. The van der Waals surface area contributed by atoms with E-state index in [1.807, 2.05) is 0 Å². The van der Waals surface area contributed by atoms with Crippen LogP contribution in [0.4, 0.5) is 0 Å². The summed E-state index contributed by atoms with van der Waals surface area (Å²) < 4.78 is 9.73. The predicted molar refractivity (Wildman–Crippen MR) is 198 cm³/mol. The fourth-order valence-corrected chi connectivity index (χ4v) is 6.14. The van der Waals surface area contributed by atoms with Gasteiger partial charge >= 0.3 is 23.9 Å². The lowest BCUT2D eigenvalue weighted by Crippen LogP contribution is -2.34. The number of esters is 4. The van der Waals surface area contributed by atoms with Crippen molar-refractivity contribution in [2.45, 2.75) is 238 Å². The maximum absolute atomic E-state index is 12.1. The van der Waals surface area contributed by atoms with Crippen molar-refractivity contribution in [1.29, 1.82) is 0 Å². The zero-order chi connectivity index (χ0) is 35.3. The van der Waals surface area contributed by atoms with Crippen LogP contribution in [0.2, 0.25) is 0 Å². The van der Waals surface area contributed by atoms with E-state index in [0.717, 1.165) is 25.7 Å². The van der Waals surface area contributed by atoms with Gasteiger partial charge in [-0.25, -0.2) is 4.79 Å². The lowest BCUT2D eigenvalue weighted by atomic mass is 10.0. The third-order valence-electron chi connectivity index (χ3n) is 9.37. The molecule has 7 nitrogen and oxygen atoms in total. The number of rotatable bonds is 36. The van der Waals surface area contributed by atoms with Crippen LogP contribution in [0.25, 0.3) is 0 Å². The highest BCUT2D eigenvalue weighted by Gasteiger charge is 2.21. The summed E-state index contributed by atoms with van der Waals surface area (Å²) >= 11 is 0. The molecule has 0 amide bonds. The van der Waals surface area contributed by atoms with E-state index in [2.05, 4.69) is 13.8 Å². The fourth-order valence-electron chi connectivity index (χ4n) is 6.14. The third-order valence-corrected chi connectivity index (χ3v) is 9.37. The van der Waals surface area contributed by atoms with Crippen molar-refractivity contribution < 1.29 is 28.7 Å². The summed E-state index contributed by atoms with van der Waals surface area (Å²) in [6, 6.07) is -1.10. The van der Waals surface area contributed by atoms with Crippen molar-refractivity contribution in [3.8, 4) is 0 Å². The molecule has 7 heteroatoms. The van der Waals surface area contributed by atoms with Gasteiger partial charge in [0.25, 0.3) is 0 Å². The first-order chi connectivity index (χ1) is 23.4. The van der Waals surface area contributed by atoms with E-state index >= 15 is 0 Å². The molecule has 0 radical (unpaired) electrons. The van der Waals surface area contributed by atoms with Crippen molar-refractivity contribution in [3.05, 3.63) is 0 Å². The van der Waals surface area contributed by atoms with E-state index in [1.165, 1.54) is 154 Å². The summed E-state index contributed by atoms with van der Waals surface area (Å²) in [7, 11) is 0. The zero-order valence-corrected chi connectivity index (χ0v) is 31.6. The highest BCUT2D eigenvalue weighted by Crippen LogP contribution is 2.16. The van der Waals surface area contributed by atoms with Gasteiger partial charge in [0.05, 0.1) is 0 Å². The Kier molecular flexibility index (Phi) is 35.2. The maximum atomic E-state index is 12.1. The first kappa shape index (κ1) is 46.2. The molecule has 0 heterocycles. The van der Waals surface area contributed by atoms with Crippen LogP contribution in [-0.2, 0) is 28.7 Å². The largest absolute Gasteiger partial charge is 0.393 e. The molecule has 0 aliphatic rings. The van der Waals surface area contributed by atoms with E-state index in [4.69, 9.17) is 15.2 Å². The van der Waals surface area contributed by atoms with Crippen molar-refractivity contribution in [2.24, 2.45) is 5.73 Å². The Bertz CT molecular complexity index is 770. The van der Waals surface area contributed by atoms with Crippen LogP contribution < -0.4 is 5.73 Å². The standard InChI is InChI=1S/C41H77NO6/c1-3-5-7-9-11-13-15-17-19-21-23-25-27-29-31-33-38(43)47-40(45)36-35-37(42)41(46)48-39(44)34-32-30-28-26-24-22-20-18-16-14-12-10-8-6-4-2/h37H,3-36,42H2,1-2H3/t37-/m0/s1. The molecule has 0 bridgehead atoms. The van der Waals surface area contributed by atoms with Crippen molar-refractivity contribution >= 4 is 23.9 Å². The fraction of sp³-hybridized carbons (Fsp3) is 0.902. The Labute approximate surface area is 296 Å². The van der Waals surface area contributed by atoms with E-state index < -0.39 is 29.9 Å². The highest BCUT2D eigenvalue weighted by molar-refractivity contribution is 5.89. The summed E-state index contributed by atoms with van der Waals surface area (Å²) in [6.07, 6.45) is 37.6. The molecule has 0 fully saturated rings. The molecule has 0 saturated carbocycles. The minimum atomic E-state index is -1.10. The van der Waals surface area contributed by atoms with Gasteiger partial charge in [-0.3, -0.25) is 14.4 Å². The van der Waals surface area contributed by atoms with Crippen LogP contribution in [0, 0.1) is 0 Å². The Hall–Kier alpha value is -1.76. The molecule has 0 aromatic rings. The number of hydrogen-bond donors (Lipinski definition) is 1. The first-order valence-corrected chi connectivity index (χ1v) is 20.6. The number of carbonyl (C=O) groups excluding carboxylic acids is 4. The molecule has 0 spiro atoms. The topological polar surface area (TPSA) is 113 Å². The van der Waals surface area contributed by atoms with Gasteiger partial charge in [-0.05, 0) is 19.3 Å². The minimum absolute atomic E-state index is 0.0316. The Morgan fingerprint density at radius 1 is 0.375 bits per heavy atom. The summed E-state index contributed by atoms with van der Waals surface area (Å²) in [6.45, 7) is 4.51. The van der Waals surface area contributed by atoms with Gasteiger partial charge in [0.1, 0.15) is 6.04 Å². The Morgan fingerprint density at radius 2 is 0.625 bits per heavy atom. The van der Waals surface area contributed by atoms with Gasteiger partial charge < -0.3 is 15.2 Å². The number of carbonyl (C=O) groups is 4. The van der Waals surface area contributed by atoms with Gasteiger partial charge in [0.2, 0.25) is 0 Å². The van der Waals surface area contributed by atoms with Gasteiger partial charge in [-0.15, -0.1) is 0 Å². The lowest BCUT2D eigenvalue weighted by Gasteiger charge is -2.10. The Balaban J connectivity index is 3.60. The monoisotopic (exact) mass is 680 g/mol. The van der Waals surface area contributed by atoms with Crippen LogP contribution in [0.5, 0.6) is 0 Å². The molecule has 0 aliphatic heterocycles. The van der Waals surface area contributed by atoms with Gasteiger partial charge in [0, 0.05) is 19.3 Å². The average molecular weight is 680 g/mol. The van der Waals surface area contributed by atoms with E-state index in [0.29, 0.717) is 12.8 Å². The third kappa shape index (κ3) is 34.1. The second-order valence-electron chi connectivity index (χ2n) is 14.2. The first-order valence-electron chi connectivity index (χ1n) is 20.6. The quantitative estimate of drug-likeness (QED) is 0.0398. The summed E-state index contributed by atoms with van der Waals surface area (Å²) in [5.74, 6) is -2.65. The van der Waals surface area contributed by atoms with E-state index in [-0.39, 0.29) is 25.7 Å². The Morgan fingerprint density at radius 3 is 0.938 bits per heavy atom. The van der Waals surface area contributed by atoms with Crippen LogP contribution in [0.3, 0.4) is 0 Å². The average Bonchev–Trinajstić information content (AvgIpc) is 3.07. The van der Waals surface area contributed by atoms with Crippen molar-refractivity contribution in [1.82, 2.24) is 0 Å². The molecule has 0 aromatic heterocycles. The van der Waals surface area contributed by atoms with Gasteiger partial charge in [-0.2, -0.15) is 0 Å². The molecular weight excluding hydrogens is 602 g/mol. The normalized spacial score (nSPS) is 11.8. The molecule has 0 unspecified atom stereocenters. The van der Waals surface area contributed by atoms with Gasteiger partial charge in [0.15, 0.2) is 0 Å². The van der Waals surface area contributed by atoms with Crippen LogP contribution in [-0.4, -0.2) is 29.9 Å². The molecule has 0 aliphatic carbocycles. The molecule has 48 heavy (non-hydrogen) atoms. The van der Waals surface area contributed by atoms with E-state index in [9.17, 15) is 19.2 Å². The summed E-state index contributed by atoms with van der Waals surface area (Å²) in [5.41, 5.74) is 5.81. The molecule has 0 aromatic carbocycles. The van der Waals surface area contributed by atoms with Crippen molar-refractivity contribution in [3.63, 3.8) is 0 Å². The van der Waals surface area contributed by atoms with Crippen molar-refractivity contribution in [2.75, 3.05) is 0 Å².